The van der Waals surface area contributed by atoms with Crippen LogP contribution in [-0.4, -0.2) is 30.7 Å². The minimum atomic E-state index is 0.0743. The van der Waals surface area contributed by atoms with E-state index in [1.54, 1.807) is 12.4 Å². The predicted molar refractivity (Wildman–Crippen MR) is 88.3 cm³/mol. The first-order valence-corrected chi connectivity index (χ1v) is 7.95. The van der Waals surface area contributed by atoms with Crippen molar-refractivity contribution in [1.82, 2.24) is 24.8 Å². The van der Waals surface area contributed by atoms with E-state index in [0.29, 0.717) is 26.1 Å². The first-order valence-electron chi connectivity index (χ1n) is 7.95. The highest BCUT2D eigenvalue weighted by molar-refractivity contribution is 5.94. The average Bonchev–Trinajstić information content (AvgIpc) is 3.17. The number of para-hydroxylation sites is 1. The van der Waals surface area contributed by atoms with Crippen LogP contribution in [0.25, 0.3) is 0 Å². The van der Waals surface area contributed by atoms with Gasteiger partial charge in [-0.25, -0.2) is 4.68 Å². The molecular formula is C17H18N6O. The van der Waals surface area contributed by atoms with Crippen molar-refractivity contribution in [2.75, 3.05) is 4.90 Å². The van der Waals surface area contributed by atoms with E-state index in [-0.39, 0.29) is 5.91 Å². The zero-order valence-corrected chi connectivity index (χ0v) is 13.5. The lowest BCUT2D eigenvalue weighted by atomic mass is 10.1. The fourth-order valence-electron chi connectivity index (χ4n) is 3.01. The third-order valence-corrected chi connectivity index (χ3v) is 4.24. The number of hydrogen-bond acceptors (Lipinski definition) is 4. The Morgan fingerprint density at radius 1 is 1.21 bits per heavy atom. The number of aromatic nitrogens is 5. The van der Waals surface area contributed by atoms with Gasteiger partial charge in [-0.3, -0.25) is 9.48 Å². The van der Waals surface area contributed by atoms with E-state index in [1.807, 2.05) is 51.6 Å². The summed E-state index contributed by atoms with van der Waals surface area (Å²) in [7, 11) is 0. The molecule has 24 heavy (non-hydrogen) atoms. The molecule has 0 spiro atoms. The number of nitrogens with zero attached hydrogens (tertiary/aromatic N) is 6. The zero-order chi connectivity index (χ0) is 16.5. The topological polar surface area (TPSA) is 68.8 Å². The van der Waals surface area contributed by atoms with Crippen molar-refractivity contribution in [2.45, 2.75) is 33.0 Å². The van der Waals surface area contributed by atoms with Crippen LogP contribution in [0.4, 0.5) is 5.69 Å². The maximum absolute atomic E-state index is 12.9. The molecule has 4 rings (SSSR count). The lowest BCUT2D eigenvalue weighted by molar-refractivity contribution is -0.119. The van der Waals surface area contributed by atoms with Crippen LogP contribution >= 0.6 is 0 Å². The van der Waals surface area contributed by atoms with Crippen LogP contribution in [0.2, 0.25) is 0 Å². The summed E-state index contributed by atoms with van der Waals surface area (Å²) in [6.07, 6.45) is 5.87. The molecule has 3 aromatic rings. The quantitative estimate of drug-likeness (QED) is 0.737. The Morgan fingerprint density at radius 2 is 2.08 bits per heavy atom. The van der Waals surface area contributed by atoms with E-state index < -0.39 is 0 Å². The molecule has 0 radical (unpaired) electrons. The Morgan fingerprint density at radius 3 is 2.92 bits per heavy atom. The van der Waals surface area contributed by atoms with Gasteiger partial charge in [0.25, 0.3) is 0 Å². The number of benzene rings is 1. The summed E-state index contributed by atoms with van der Waals surface area (Å²) in [5.41, 5.74) is 4.06. The number of carbonyl (C=O) groups excluding carboxylic acids is 1. The zero-order valence-electron chi connectivity index (χ0n) is 13.5. The van der Waals surface area contributed by atoms with Crippen molar-refractivity contribution >= 4 is 11.6 Å². The van der Waals surface area contributed by atoms with Gasteiger partial charge in [-0.1, -0.05) is 23.4 Å². The summed E-state index contributed by atoms with van der Waals surface area (Å²) >= 11 is 0. The molecule has 122 valence electrons. The Balaban J connectivity index is 1.59. The molecular weight excluding hydrogens is 304 g/mol. The van der Waals surface area contributed by atoms with Crippen molar-refractivity contribution in [3.63, 3.8) is 0 Å². The molecule has 3 heterocycles. The number of hydrogen-bond donors (Lipinski definition) is 0. The molecule has 1 aliphatic rings. The van der Waals surface area contributed by atoms with Crippen molar-refractivity contribution in [1.29, 1.82) is 0 Å². The molecule has 7 heteroatoms. The predicted octanol–water partition coefficient (Wildman–Crippen LogP) is 1.77. The lowest BCUT2D eigenvalue weighted by Crippen LogP contribution is -2.31. The summed E-state index contributed by atoms with van der Waals surface area (Å²) in [4.78, 5) is 14.7. The number of fused-ring (bicyclic) bond motifs is 2. The third-order valence-electron chi connectivity index (χ3n) is 4.24. The largest absolute Gasteiger partial charge is 0.306 e. The van der Waals surface area contributed by atoms with Gasteiger partial charge in [-0.2, -0.15) is 5.10 Å². The molecule has 0 fully saturated rings. The molecule has 0 atom stereocenters. The van der Waals surface area contributed by atoms with Crippen LogP contribution in [0.15, 0.2) is 42.9 Å². The highest BCUT2D eigenvalue weighted by atomic mass is 16.2. The molecule has 0 bridgehead atoms. The second-order valence-electron chi connectivity index (χ2n) is 6.02. The number of carbonyl (C=O) groups is 1. The lowest BCUT2D eigenvalue weighted by Gasteiger charge is -2.22. The minimum absolute atomic E-state index is 0.0743. The number of amides is 1. The Kier molecular flexibility index (Phi) is 3.60. The average molecular weight is 322 g/mol. The van der Waals surface area contributed by atoms with Crippen molar-refractivity contribution in [3.8, 4) is 0 Å². The number of aryl methyl sites for hydroxylation is 2. The van der Waals surface area contributed by atoms with Crippen molar-refractivity contribution < 1.29 is 4.79 Å². The summed E-state index contributed by atoms with van der Waals surface area (Å²) in [5, 5.41) is 12.3. The van der Waals surface area contributed by atoms with Gasteiger partial charge in [0.2, 0.25) is 5.91 Å². The fourth-order valence-corrected chi connectivity index (χ4v) is 3.01. The first-order chi connectivity index (χ1) is 11.7. The molecule has 1 amide bonds. The van der Waals surface area contributed by atoms with Gasteiger partial charge < -0.3 is 4.90 Å². The molecule has 0 saturated heterocycles. The van der Waals surface area contributed by atoms with E-state index >= 15 is 0 Å². The third kappa shape index (κ3) is 2.68. The van der Waals surface area contributed by atoms with E-state index in [2.05, 4.69) is 15.4 Å². The first kappa shape index (κ1) is 14.6. The number of rotatable bonds is 3. The van der Waals surface area contributed by atoms with Gasteiger partial charge in [0, 0.05) is 24.8 Å². The van der Waals surface area contributed by atoms with Gasteiger partial charge in [0.05, 0.1) is 31.2 Å². The number of anilines is 1. The van der Waals surface area contributed by atoms with E-state index in [9.17, 15) is 4.79 Å². The van der Waals surface area contributed by atoms with Crippen LogP contribution in [0.5, 0.6) is 0 Å². The Bertz CT molecular complexity index is 881. The summed E-state index contributed by atoms with van der Waals surface area (Å²) in [6.45, 7) is 3.68. The van der Waals surface area contributed by atoms with Gasteiger partial charge >= 0.3 is 0 Å². The van der Waals surface area contributed by atoms with Crippen molar-refractivity contribution in [3.05, 3.63) is 59.7 Å². The molecule has 1 aromatic carbocycles. The van der Waals surface area contributed by atoms with Crippen LogP contribution in [-0.2, 0) is 24.4 Å². The summed E-state index contributed by atoms with van der Waals surface area (Å²) in [5.74, 6) is 0.0743. The second-order valence-corrected chi connectivity index (χ2v) is 6.02. The minimum Gasteiger partial charge on any atom is -0.306 e. The van der Waals surface area contributed by atoms with E-state index in [4.69, 9.17) is 0 Å². The molecule has 1 aliphatic heterocycles. The standard InChI is InChI=1S/C17H18N6O/c1-13-8-19-21(10-13)7-6-17(24)22-12-15-9-18-20-23(15)11-14-4-2-3-5-16(14)22/h2-5,8-10H,6-7,11-12H2,1H3. The monoisotopic (exact) mass is 322 g/mol. The molecule has 7 nitrogen and oxygen atoms in total. The highest BCUT2D eigenvalue weighted by Gasteiger charge is 2.24. The Hall–Kier alpha value is -2.96. The smallest absolute Gasteiger partial charge is 0.229 e. The maximum atomic E-state index is 12.9. The van der Waals surface area contributed by atoms with Crippen LogP contribution in [0.3, 0.4) is 0 Å². The van der Waals surface area contributed by atoms with Gasteiger partial charge in [-0.05, 0) is 24.1 Å². The van der Waals surface area contributed by atoms with Crippen LogP contribution < -0.4 is 4.90 Å². The van der Waals surface area contributed by atoms with Gasteiger partial charge in [0.1, 0.15) is 0 Å². The van der Waals surface area contributed by atoms with E-state index in [1.165, 1.54) is 0 Å². The van der Waals surface area contributed by atoms with E-state index in [0.717, 1.165) is 22.5 Å². The normalized spacial score (nSPS) is 13.3. The van der Waals surface area contributed by atoms with Crippen molar-refractivity contribution in [2.24, 2.45) is 0 Å². The molecule has 0 N–H and O–H groups in total. The fraction of sp³-hybridized carbons (Fsp3) is 0.294. The second kappa shape index (κ2) is 5.92. The Labute approximate surface area is 139 Å². The maximum Gasteiger partial charge on any atom is 0.229 e. The SMILES string of the molecule is Cc1cnn(CCC(=O)N2Cc3cnnn3Cc3ccccc32)c1. The molecule has 0 unspecified atom stereocenters. The van der Waals surface area contributed by atoms with Gasteiger partial charge in [-0.15, -0.1) is 5.10 Å². The van der Waals surface area contributed by atoms with Gasteiger partial charge in [0.15, 0.2) is 0 Å². The molecule has 0 saturated carbocycles. The highest BCUT2D eigenvalue weighted by Crippen LogP contribution is 2.27. The summed E-state index contributed by atoms with van der Waals surface area (Å²) in [6, 6.07) is 7.96. The van der Waals surface area contributed by atoms with Crippen LogP contribution in [0.1, 0.15) is 23.2 Å². The summed E-state index contributed by atoms with van der Waals surface area (Å²) < 4.78 is 3.66. The molecule has 0 aliphatic carbocycles. The molecule has 2 aromatic heterocycles. The van der Waals surface area contributed by atoms with Crippen LogP contribution in [0, 0.1) is 6.92 Å².